The fourth-order valence-electron chi connectivity index (χ4n) is 3.15. The average Bonchev–Trinajstić information content (AvgIpc) is 3.31. The zero-order valence-electron chi connectivity index (χ0n) is 17.7. The number of hydrogen-bond acceptors (Lipinski definition) is 7. The molecule has 1 atom stereocenters. The molecule has 166 valence electrons. The maximum absolute atomic E-state index is 12.8. The van der Waals surface area contributed by atoms with Crippen LogP contribution in [0.15, 0.2) is 76.5 Å². The van der Waals surface area contributed by atoms with E-state index >= 15 is 0 Å². The van der Waals surface area contributed by atoms with Crippen LogP contribution in [-0.2, 0) is 16.1 Å². The van der Waals surface area contributed by atoms with Gasteiger partial charge in [-0.3, -0.25) is 4.79 Å². The number of fused-ring (bicyclic) bond motifs is 1. The summed E-state index contributed by atoms with van der Waals surface area (Å²) in [5.41, 5.74) is 1.68. The molecule has 8 heteroatoms. The van der Waals surface area contributed by atoms with Gasteiger partial charge in [-0.1, -0.05) is 42.1 Å². The van der Waals surface area contributed by atoms with Gasteiger partial charge >= 0.3 is 5.97 Å². The van der Waals surface area contributed by atoms with Crippen LogP contribution in [0.25, 0.3) is 0 Å². The number of ether oxygens (including phenoxy) is 3. The number of carbonyl (C=O) groups is 2. The van der Waals surface area contributed by atoms with Crippen LogP contribution in [0.1, 0.15) is 28.4 Å². The Hall–Kier alpha value is -3.96. The van der Waals surface area contributed by atoms with E-state index in [2.05, 4.69) is 11.4 Å². The van der Waals surface area contributed by atoms with Crippen molar-refractivity contribution in [2.75, 3.05) is 6.79 Å². The van der Waals surface area contributed by atoms with E-state index in [0.717, 1.165) is 10.5 Å². The minimum Gasteiger partial charge on any atom is -0.454 e. The lowest BCUT2D eigenvalue weighted by molar-refractivity contribution is -0.129. The van der Waals surface area contributed by atoms with E-state index in [1.54, 1.807) is 48.5 Å². The highest BCUT2D eigenvalue weighted by Crippen LogP contribution is 2.33. The van der Waals surface area contributed by atoms with Crippen molar-refractivity contribution in [2.45, 2.75) is 29.4 Å². The summed E-state index contributed by atoms with van der Waals surface area (Å²) >= 11 is 1.30. The van der Waals surface area contributed by atoms with Crippen LogP contribution in [0.3, 0.4) is 0 Å². The Bertz CT molecular complexity index is 1240. The van der Waals surface area contributed by atoms with Crippen molar-refractivity contribution in [2.24, 2.45) is 0 Å². The highest BCUT2D eigenvalue weighted by Gasteiger charge is 2.22. The molecule has 3 aromatic carbocycles. The summed E-state index contributed by atoms with van der Waals surface area (Å²) in [4.78, 5) is 26.7. The largest absolute Gasteiger partial charge is 0.454 e. The Balaban J connectivity index is 1.38. The van der Waals surface area contributed by atoms with Crippen LogP contribution in [-0.4, -0.2) is 24.8 Å². The molecule has 0 spiro atoms. The fourth-order valence-corrected chi connectivity index (χ4v) is 4.17. The van der Waals surface area contributed by atoms with E-state index in [0.29, 0.717) is 27.5 Å². The van der Waals surface area contributed by atoms with Gasteiger partial charge in [-0.25, -0.2) is 4.79 Å². The summed E-state index contributed by atoms with van der Waals surface area (Å²) in [6.07, 6.45) is -0.990. The SMILES string of the molecule is C[C@H](OC(=O)c1ccccc1Sc1ccccc1C#N)C(=O)NCc1ccc2c(c1)OCO2. The molecule has 0 fully saturated rings. The van der Waals surface area contributed by atoms with Gasteiger partial charge in [0.15, 0.2) is 17.6 Å². The van der Waals surface area contributed by atoms with E-state index in [-0.39, 0.29) is 13.3 Å². The molecule has 0 saturated heterocycles. The minimum atomic E-state index is -0.990. The standard InChI is InChI=1S/C25H20N2O5S/c1-16(24(28)27-14-17-10-11-20-21(12-17)31-15-30-20)32-25(29)19-7-3-5-9-23(19)33-22-8-4-2-6-18(22)13-26/h2-12,16H,14-15H2,1H3,(H,27,28)/t16-/m0/s1. The molecule has 4 rings (SSSR count). The molecule has 1 aliphatic rings. The molecule has 1 aliphatic heterocycles. The van der Waals surface area contributed by atoms with E-state index in [4.69, 9.17) is 14.2 Å². The first-order chi connectivity index (χ1) is 16.0. The van der Waals surface area contributed by atoms with Crippen molar-refractivity contribution >= 4 is 23.6 Å². The van der Waals surface area contributed by atoms with Crippen LogP contribution in [0, 0.1) is 11.3 Å². The van der Waals surface area contributed by atoms with Crippen LogP contribution in [0.5, 0.6) is 11.5 Å². The summed E-state index contributed by atoms with van der Waals surface area (Å²) in [6.45, 7) is 1.96. The Kier molecular flexibility index (Phi) is 6.81. The average molecular weight is 461 g/mol. The van der Waals surface area contributed by atoms with Crippen molar-refractivity contribution in [3.05, 3.63) is 83.4 Å². The molecule has 0 bridgehead atoms. The number of hydrogen-bond donors (Lipinski definition) is 1. The Morgan fingerprint density at radius 1 is 1.06 bits per heavy atom. The molecule has 1 heterocycles. The minimum absolute atomic E-state index is 0.181. The van der Waals surface area contributed by atoms with Gasteiger partial charge in [0.1, 0.15) is 6.07 Å². The molecular weight excluding hydrogens is 440 g/mol. The normalized spacial score (nSPS) is 12.5. The van der Waals surface area contributed by atoms with Crippen LogP contribution < -0.4 is 14.8 Å². The highest BCUT2D eigenvalue weighted by atomic mass is 32.2. The van der Waals surface area contributed by atoms with Gasteiger partial charge in [-0.15, -0.1) is 0 Å². The van der Waals surface area contributed by atoms with Gasteiger partial charge in [-0.2, -0.15) is 5.26 Å². The van der Waals surface area contributed by atoms with Gasteiger partial charge in [-0.05, 0) is 48.9 Å². The van der Waals surface area contributed by atoms with Crippen LogP contribution in [0.4, 0.5) is 0 Å². The number of nitrogens with one attached hydrogen (secondary N) is 1. The lowest BCUT2D eigenvalue weighted by Crippen LogP contribution is -2.35. The van der Waals surface area contributed by atoms with E-state index in [1.165, 1.54) is 18.7 Å². The third-order valence-electron chi connectivity index (χ3n) is 4.89. The summed E-state index contributed by atoms with van der Waals surface area (Å²) in [6, 6.07) is 21.6. The lowest BCUT2D eigenvalue weighted by atomic mass is 10.2. The third-order valence-corrected chi connectivity index (χ3v) is 6.04. The van der Waals surface area contributed by atoms with E-state index in [1.807, 2.05) is 18.2 Å². The number of amides is 1. The zero-order valence-corrected chi connectivity index (χ0v) is 18.6. The molecule has 0 radical (unpaired) electrons. The second kappa shape index (κ2) is 10.1. The zero-order chi connectivity index (χ0) is 23.2. The number of esters is 1. The van der Waals surface area contributed by atoms with Gasteiger partial charge in [0, 0.05) is 16.3 Å². The molecule has 1 N–H and O–H groups in total. The number of carbonyl (C=O) groups excluding carboxylic acids is 2. The maximum Gasteiger partial charge on any atom is 0.340 e. The number of nitrogens with zero attached hydrogens (tertiary/aromatic N) is 1. The molecule has 0 aliphatic carbocycles. The second-order valence-electron chi connectivity index (χ2n) is 7.16. The molecule has 3 aromatic rings. The van der Waals surface area contributed by atoms with Crippen molar-refractivity contribution in [1.82, 2.24) is 5.32 Å². The summed E-state index contributed by atoms with van der Waals surface area (Å²) < 4.78 is 16.0. The summed E-state index contributed by atoms with van der Waals surface area (Å²) in [7, 11) is 0. The first-order valence-electron chi connectivity index (χ1n) is 10.2. The first kappa shape index (κ1) is 22.2. The van der Waals surface area contributed by atoms with Gasteiger partial charge < -0.3 is 19.5 Å². The quantitative estimate of drug-likeness (QED) is 0.525. The van der Waals surface area contributed by atoms with Crippen molar-refractivity contribution in [1.29, 1.82) is 5.26 Å². The summed E-state index contributed by atoms with van der Waals surface area (Å²) in [5.74, 6) is 0.272. The maximum atomic E-state index is 12.8. The van der Waals surface area contributed by atoms with Crippen LogP contribution in [0.2, 0.25) is 0 Å². The van der Waals surface area contributed by atoms with E-state index in [9.17, 15) is 14.9 Å². The van der Waals surface area contributed by atoms with Gasteiger partial charge in [0.05, 0.1) is 11.1 Å². The second-order valence-corrected chi connectivity index (χ2v) is 8.24. The number of nitriles is 1. The van der Waals surface area contributed by atoms with Gasteiger partial charge in [0.25, 0.3) is 5.91 Å². The fraction of sp³-hybridized carbons (Fsp3) is 0.160. The Morgan fingerprint density at radius 3 is 2.61 bits per heavy atom. The van der Waals surface area contributed by atoms with Crippen molar-refractivity contribution < 1.29 is 23.8 Å². The molecule has 0 saturated carbocycles. The van der Waals surface area contributed by atoms with E-state index < -0.39 is 18.0 Å². The van der Waals surface area contributed by atoms with Crippen molar-refractivity contribution in [3.8, 4) is 17.6 Å². The first-order valence-corrected chi connectivity index (χ1v) is 11.0. The number of rotatable bonds is 7. The Labute approximate surface area is 195 Å². The predicted molar refractivity (Wildman–Crippen MR) is 121 cm³/mol. The Morgan fingerprint density at radius 2 is 1.79 bits per heavy atom. The van der Waals surface area contributed by atoms with Crippen LogP contribution >= 0.6 is 11.8 Å². The molecule has 0 aromatic heterocycles. The lowest BCUT2D eigenvalue weighted by Gasteiger charge is -2.15. The summed E-state index contributed by atoms with van der Waals surface area (Å²) in [5, 5.41) is 12.1. The topological polar surface area (TPSA) is 97.7 Å². The number of benzene rings is 3. The molecule has 33 heavy (non-hydrogen) atoms. The monoisotopic (exact) mass is 460 g/mol. The molecule has 1 amide bonds. The molecule has 0 unspecified atom stereocenters. The van der Waals surface area contributed by atoms with Crippen molar-refractivity contribution in [3.63, 3.8) is 0 Å². The molecular formula is C25H20N2O5S. The highest BCUT2D eigenvalue weighted by molar-refractivity contribution is 7.99. The van der Waals surface area contributed by atoms with Gasteiger partial charge in [0.2, 0.25) is 6.79 Å². The smallest absolute Gasteiger partial charge is 0.340 e. The third kappa shape index (κ3) is 5.27. The molecule has 7 nitrogen and oxygen atoms in total. The predicted octanol–water partition coefficient (Wildman–Crippen LogP) is 4.30.